The molecule has 0 aromatic heterocycles. The van der Waals surface area contributed by atoms with Crippen LogP contribution in [0.4, 0.5) is 4.39 Å². The van der Waals surface area contributed by atoms with Crippen molar-refractivity contribution in [3.63, 3.8) is 0 Å². The average molecular weight is 289 g/mol. The second kappa shape index (κ2) is 5.96. The highest BCUT2D eigenvalue weighted by molar-refractivity contribution is 6.07. The second-order valence-corrected chi connectivity index (χ2v) is 6.13. The van der Waals surface area contributed by atoms with Crippen molar-refractivity contribution in [1.82, 2.24) is 4.90 Å². The molecule has 112 valence electrons. The van der Waals surface area contributed by atoms with Crippen LogP contribution in [0, 0.1) is 11.7 Å². The highest BCUT2D eigenvalue weighted by Gasteiger charge is 2.42. The summed E-state index contributed by atoms with van der Waals surface area (Å²) in [6.07, 6.45) is 5.61. The minimum Gasteiger partial charge on any atom is -0.328 e. The van der Waals surface area contributed by atoms with Gasteiger partial charge >= 0.3 is 0 Å². The molecule has 1 aliphatic carbocycles. The molecule has 2 fully saturated rings. The van der Waals surface area contributed by atoms with E-state index in [1.54, 1.807) is 17.0 Å². The van der Waals surface area contributed by atoms with Crippen LogP contribution in [0.25, 0.3) is 0 Å². The van der Waals surface area contributed by atoms with Gasteiger partial charge in [0.05, 0.1) is 12.5 Å². The van der Waals surface area contributed by atoms with Gasteiger partial charge < -0.3 is 4.90 Å². The molecule has 0 radical (unpaired) electrons. The average Bonchev–Trinajstić information content (AvgIpc) is 2.76. The Labute approximate surface area is 124 Å². The Morgan fingerprint density at radius 3 is 2.38 bits per heavy atom. The molecular weight excluding hydrogens is 269 g/mol. The minimum atomic E-state index is -0.286. The van der Waals surface area contributed by atoms with Crippen molar-refractivity contribution in [2.45, 2.75) is 51.1 Å². The number of rotatable bonds is 3. The van der Waals surface area contributed by atoms with Crippen LogP contribution in [-0.2, 0) is 16.1 Å². The third-order valence-electron chi connectivity index (χ3n) is 4.67. The first-order chi connectivity index (χ1) is 10.1. The fraction of sp³-hybridized carbons (Fsp3) is 0.529. The lowest BCUT2D eigenvalue weighted by Gasteiger charge is -2.33. The lowest BCUT2D eigenvalue weighted by molar-refractivity contribution is -0.130. The van der Waals surface area contributed by atoms with Gasteiger partial charge in [0, 0.05) is 6.54 Å². The Morgan fingerprint density at radius 2 is 1.71 bits per heavy atom. The van der Waals surface area contributed by atoms with Gasteiger partial charge in [-0.05, 0) is 36.5 Å². The maximum Gasteiger partial charge on any atom is 0.231 e. The van der Waals surface area contributed by atoms with E-state index in [4.69, 9.17) is 0 Å². The quantitative estimate of drug-likeness (QED) is 0.802. The molecule has 3 nitrogen and oxygen atoms in total. The highest BCUT2D eigenvalue weighted by Crippen LogP contribution is 2.34. The topological polar surface area (TPSA) is 37.4 Å². The number of nitrogens with zero attached hydrogens (tertiary/aromatic N) is 1. The zero-order valence-corrected chi connectivity index (χ0v) is 12.1. The molecule has 1 heterocycles. The molecule has 0 N–H and O–H groups in total. The number of hydrogen-bond acceptors (Lipinski definition) is 2. The molecular formula is C17H20FNO2. The predicted octanol–water partition coefficient (Wildman–Crippen LogP) is 3.08. The molecule has 4 heteroatoms. The Bertz CT molecular complexity index is 534. The van der Waals surface area contributed by atoms with E-state index >= 15 is 0 Å². The van der Waals surface area contributed by atoms with E-state index in [9.17, 15) is 14.0 Å². The molecule has 1 amide bonds. The molecule has 1 unspecified atom stereocenters. The van der Waals surface area contributed by atoms with Crippen molar-refractivity contribution in [3.8, 4) is 0 Å². The zero-order chi connectivity index (χ0) is 14.8. The van der Waals surface area contributed by atoms with E-state index in [1.807, 2.05) is 0 Å². The summed E-state index contributed by atoms with van der Waals surface area (Å²) < 4.78 is 13.0. The van der Waals surface area contributed by atoms with Crippen LogP contribution in [0.1, 0.15) is 44.1 Å². The van der Waals surface area contributed by atoms with Crippen LogP contribution in [0.15, 0.2) is 24.3 Å². The van der Waals surface area contributed by atoms with Crippen LogP contribution in [0.5, 0.6) is 0 Å². The first-order valence-corrected chi connectivity index (χ1v) is 7.72. The van der Waals surface area contributed by atoms with Crippen molar-refractivity contribution >= 4 is 11.7 Å². The summed E-state index contributed by atoms with van der Waals surface area (Å²) in [5, 5.41) is 0. The Morgan fingerprint density at radius 1 is 1.05 bits per heavy atom. The number of hydrogen-bond donors (Lipinski definition) is 0. The summed E-state index contributed by atoms with van der Waals surface area (Å²) in [5.41, 5.74) is 0.875. The molecule has 2 aliphatic rings. The molecule has 21 heavy (non-hydrogen) atoms. The number of amides is 1. The summed E-state index contributed by atoms with van der Waals surface area (Å²) in [7, 11) is 0. The van der Waals surface area contributed by atoms with Gasteiger partial charge in [0.25, 0.3) is 0 Å². The SMILES string of the molecule is O=C1CC(=O)N(Cc2ccc(F)cc2)C1C1CCCCC1. The van der Waals surface area contributed by atoms with E-state index in [1.165, 1.54) is 18.6 Å². The van der Waals surface area contributed by atoms with Gasteiger partial charge in [-0.3, -0.25) is 9.59 Å². The number of benzene rings is 1. The van der Waals surface area contributed by atoms with Crippen LogP contribution in [0.3, 0.4) is 0 Å². The Balaban J connectivity index is 1.78. The third kappa shape index (κ3) is 2.99. The Hall–Kier alpha value is -1.71. The van der Waals surface area contributed by atoms with Gasteiger partial charge in [0.1, 0.15) is 5.82 Å². The number of halogens is 1. The molecule has 1 aromatic rings. The number of likely N-dealkylation sites (tertiary alicyclic amines) is 1. The fourth-order valence-electron chi connectivity index (χ4n) is 3.62. The number of Topliss-reactive ketones (excluding diaryl/α,β-unsaturated/α-hetero) is 1. The summed E-state index contributed by atoms with van der Waals surface area (Å²) in [6.45, 7) is 0.409. The van der Waals surface area contributed by atoms with Gasteiger partial charge in [-0.1, -0.05) is 31.4 Å². The summed E-state index contributed by atoms with van der Waals surface area (Å²) in [4.78, 5) is 26.1. The van der Waals surface area contributed by atoms with Crippen LogP contribution in [0.2, 0.25) is 0 Å². The van der Waals surface area contributed by atoms with Crippen LogP contribution >= 0.6 is 0 Å². The molecule has 3 rings (SSSR count). The fourth-order valence-corrected chi connectivity index (χ4v) is 3.62. The van der Waals surface area contributed by atoms with Crippen molar-refractivity contribution < 1.29 is 14.0 Å². The second-order valence-electron chi connectivity index (χ2n) is 6.13. The van der Waals surface area contributed by atoms with Crippen LogP contribution in [-0.4, -0.2) is 22.6 Å². The molecule has 1 aromatic carbocycles. The maximum atomic E-state index is 13.0. The van der Waals surface area contributed by atoms with Gasteiger partial charge in [-0.25, -0.2) is 4.39 Å². The molecule has 1 saturated heterocycles. The molecule has 1 atom stereocenters. The van der Waals surface area contributed by atoms with Crippen molar-refractivity contribution in [2.75, 3.05) is 0 Å². The normalized spacial score (nSPS) is 23.9. The third-order valence-corrected chi connectivity index (χ3v) is 4.67. The number of carbonyl (C=O) groups excluding carboxylic acids is 2. The summed E-state index contributed by atoms with van der Waals surface area (Å²) in [6, 6.07) is 5.90. The van der Waals surface area contributed by atoms with Crippen molar-refractivity contribution in [1.29, 1.82) is 0 Å². The van der Waals surface area contributed by atoms with E-state index in [-0.39, 0.29) is 30.0 Å². The van der Waals surface area contributed by atoms with E-state index in [0.717, 1.165) is 31.2 Å². The van der Waals surface area contributed by atoms with Crippen molar-refractivity contribution in [3.05, 3.63) is 35.6 Å². The van der Waals surface area contributed by atoms with E-state index in [0.29, 0.717) is 12.5 Å². The molecule has 0 spiro atoms. The monoisotopic (exact) mass is 289 g/mol. The molecule has 1 aliphatic heterocycles. The number of carbonyl (C=O) groups is 2. The van der Waals surface area contributed by atoms with Crippen molar-refractivity contribution in [2.24, 2.45) is 5.92 Å². The molecule has 0 bridgehead atoms. The van der Waals surface area contributed by atoms with Crippen LogP contribution < -0.4 is 0 Å². The van der Waals surface area contributed by atoms with Gasteiger partial charge in [0.2, 0.25) is 5.91 Å². The standard InChI is InChI=1S/C17H20FNO2/c18-14-8-6-12(7-9-14)11-19-16(21)10-15(20)17(19)13-4-2-1-3-5-13/h6-9,13,17H,1-5,10-11H2. The summed E-state index contributed by atoms with van der Waals surface area (Å²) >= 11 is 0. The summed E-state index contributed by atoms with van der Waals surface area (Å²) in [5.74, 6) is -0.00142. The lowest BCUT2D eigenvalue weighted by atomic mass is 9.82. The smallest absolute Gasteiger partial charge is 0.231 e. The highest BCUT2D eigenvalue weighted by atomic mass is 19.1. The first kappa shape index (κ1) is 14.2. The van der Waals surface area contributed by atoms with Gasteiger partial charge in [-0.2, -0.15) is 0 Å². The minimum absolute atomic E-state index is 0.0301. The Kier molecular flexibility index (Phi) is 4.04. The van der Waals surface area contributed by atoms with E-state index in [2.05, 4.69) is 0 Å². The zero-order valence-electron chi connectivity index (χ0n) is 12.1. The maximum absolute atomic E-state index is 13.0. The largest absolute Gasteiger partial charge is 0.328 e. The predicted molar refractivity (Wildman–Crippen MR) is 76.9 cm³/mol. The first-order valence-electron chi connectivity index (χ1n) is 7.72. The van der Waals surface area contributed by atoms with Gasteiger partial charge in [0.15, 0.2) is 5.78 Å². The van der Waals surface area contributed by atoms with E-state index < -0.39 is 0 Å². The van der Waals surface area contributed by atoms with Gasteiger partial charge in [-0.15, -0.1) is 0 Å². The number of ketones is 1. The lowest BCUT2D eigenvalue weighted by Crippen LogP contribution is -2.41. The molecule has 1 saturated carbocycles.